The minimum atomic E-state index is -0.363. The number of carbonyl (C=O) groups excluding carboxylic acids is 1. The van der Waals surface area contributed by atoms with Crippen molar-refractivity contribution in [2.24, 2.45) is 0 Å². The van der Waals surface area contributed by atoms with E-state index >= 15 is 0 Å². The van der Waals surface area contributed by atoms with Crippen LogP contribution in [0, 0.1) is 0 Å². The minimum Gasteiger partial charge on any atom is -0.449 e. The second kappa shape index (κ2) is 9.43. The van der Waals surface area contributed by atoms with Crippen LogP contribution in [0.1, 0.15) is 36.3 Å². The average Bonchev–Trinajstić information content (AvgIpc) is 3.59. The Bertz CT molecular complexity index is 1120. The molecule has 4 rings (SSSR count). The van der Waals surface area contributed by atoms with E-state index in [1.54, 1.807) is 14.1 Å². The van der Waals surface area contributed by atoms with Gasteiger partial charge in [-0.25, -0.2) is 9.78 Å². The van der Waals surface area contributed by atoms with Crippen LogP contribution in [0.25, 0.3) is 11.3 Å². The maximum absolute atomic E-state index is 11.7. The first-order valence-corrected chi connectivity index (χ1v) is 11.3. The fraction of sp³-hybridized carbons (Fsp3) is 0.333. The number of rotatable bonds is 7. The Morgan fingerprint density at radius 3 is 2.44 bits per heavy atom. The first kappa shape index (κ1) is 22.5. The Balaban J connectivity index is 1.64. The molecule has 1 aliphatic rings. The van der Waals surface area contributed by atoms with Gasteiger partial charge >= 0.3 is 6.09 Å². The van der Waals surface area contributed by atoms with Gasteiger partial charge in [-0.3, -0.25) is 0 Å². The zero-order valence-electron chi connectivity index (χ0n) is 18.0. The Kier molecular flexibility index (Phi) is 6.63. The van der Waals surface area contributed by atoms with Gasteiger partial charge in [-0.05, 0) is 49.4 Å². The van der Waals surface area contributed by atoms with Gasteiger partial charge in [0.15, 0.2) is 5.82 Å². The van der Waals surface area contributed by atoms with E-state index in [0.717, 1.165) is 29.7 Å². The lowest BCUT2D eigenvalue weighted by molar-refractivity contribution is 0.117. The fourth-order valence-electron chi connectivity index (χ4n) is 3.66. The molecule has 2 aromatic carbocycles. The molecule has 0 bridgehead atoms. The SMILES string of the molecule is CN(C)C(=O)OCCCc1nc(C2(c3ccc(Cl)cc3)CC2)nnc1-c1ccccc1Cl. The van der Waals surface area contributed by atoms with Crippen molar-refractivity contribution in [2.75, 3.05) is 20.7 Å². The third-order valence-electron chi connectivity index (χ3n) is 5.61. The summed E-state index contributed by atoms with van der Waals surface area (Å²) in [6.45, 7) is 0.292. The molecule has 6 nitrogen and oxygen atoms in total. The summed E-state index contributed by atoms with van der Waals surface area (Å²) in [7, 11) is 3.31. The highest BCUT2D eigenvalue weighted by Crippen LogP contribution is 2.52. The molecule has 1 fully saturated rings. The van der Waals surface area contributed by atoms with Gasteiger partial charge in [-0.15, -0.1) is 10.2 Å². The Hall–Kier alpha value is -2.70. The second-order valence-electron chi connectivity index (χ2n) is 8.11. The molecule has 0 spiro atoms. The van der Waals surface area contributed by atoms with Crippen LogP contribution in [0.3, 0.4) is 0 Å². The van der Waals surface area contributed by atoms with Gasteiger partial charge in [-0.2, -0.15) is 0 Å². The van der Waals surface area contributed by atoms with Gasteiger partial charge < -0.3 is 9.64 Å². The molecule has 0 unspecified atom stereocenters. The average molecular weight is 471 g/mol. The van der Waals surface area contributed by atoms with Crippen molar-refractivity contribution in [1.82, 2.24) is 20.1 Å². The van der Waals surface area contributed by atoms with Crippen molar-refractivity contribution >= 4 is 29.3 Å². The van der Waals surface area contributed by atoms with E-state index in [2.05, 4.69) is 10.2 Å². The normalized spacial score (nSPS) is 14.1. The highest BCUT2D eigenvalue weighted by molar-refractivity contribution is 6.33. The summed E-state index contributed by atoms with van der Waals surface area (Å²) in [6, 6.07) is 15.4. The number of halogens is 2. The Morgan fingerprint density at radius 2 is 1.78 bits per heavy atom. The van der Waals surface area contributed by atoms with Crippen LogP contribution in [-0.2, 0) is 16.6 Å². The number of hydrogen-bond acceptors (Lipinski definition) is 5. The monoisotopic (exact) mass is 470 g/mol. The quantitative estimate of drug-likeness (QED) is 0.423. The molecule has 32 heavy (non-hydrogen) atoms. The van der Waals surface area contributed by atoms with Crippen LogP contribution < -0.4 is 0 Å². The number of amides is 1. The number of benzene rings is 2. The number of aryl methyl sites for hydroxylation is 1. The Morgan fingerprint density at radius 1 is 1.06 bits per heavy atom. The van der Waals surface area contributed by atoms with Gasteiger partial charge in [0, 0.05) is 24.7 Å². The first-order valence-electron chi connectivity index (χ1n) is 10.5. The van der Waals surface area contributed by atoms with E-state index in [1.807, 2.05) is 48.5 Å². The molecule has 0 radical (unpaired) electrons. The zero-order chi connectivity index (χ0) is 22.7. The number of aromatic nitrogens is 3. The highest BCUT2D eigenvalue weighted by Gasteiger charge is 2.49. The molecular formula is C24H24Cl2N4O2. The highest BCUT2D eigenvalue weighted by atomic mass is 35.5. The zero-order valence-corrected chi connectivity index (χ0v) is 19.5. The van der Waals surface area contributed by atoms with Crippen LogP contribution in [0.4, 0.5) is 4.79 Å². The smallest absolute Gasteiger partial charge is 0.409 e. The number of nitrogens with zero attached hydrogens (tertiary/aromatic N) is 4. The van der Waals surface area contributed by atoms with Gasteiger partial charge in [0.2, 0.25) is 0 Å². The summed E-state index contributed by atoms with van der Waals surface area (Å²) in [5.41, 5.74) is 3.15. The van der Waals surface area contributed by atoms with Crippen LogP contribution in [0.2, 0.25) is 10.0 Å². The molecule has 166 valence electrons. The molecule has 1 heterocycles. The van der Waals surface area contributed by atoms with Gasteiger partial charge in [0.25, 0.3) is 0 Å². The van der Waals surface area contributed by atoms with E-state index in [9.17, 15) is 4.79 Å². The molecule has 1 aromatic heterocycles. The lowest BCUT2D eigenvalue weighted by atomic mass is 9.95. The van der Waals surface area contributed by atoms with Crippen LogP contribution in [0.5, 0.6) is 0 Å². The van der Waals surface area contributed by atoms with Crippen molar-refractivity contribution in [3.63, 3.8) is 0 Å². The standard InChI is InChI=1S/C24H24Cl2N4O2/c1-30(2)23(31)32-15-5-8-20-21(18-6-3-4-7-19(18)26)28-29-22(27-20)24(13-14-24)16-9-11-17(25)12-10-16/h3-4,6-7,9-12H,5,8,13-15H2,1-2H3. The predicted octanol–water partition coefficient (Wildman–Crippen LogP) is 5.56. The third kappa shape index (κ3) is 4.71. The summed E-state index contributed by atoms with van der Waals surface area (Å²) in [5.74, 6) is 0.705. The summed E-state index contributed by atoms with van der Waals surface area (Å²) < 4.78 is 5.27. The van der Waals surface area contributed by atoms with Gasteiger partial charge in [0.1, 0.15) is 5.69 Å². The summed E-state index contributed by atoms with van der Waals surface area (Å²) in [6.07, 6.45) is 2.75. The van der Waals surface area contributed by atoms with Gasteiger partial charge in [0.05, 0.1) is 22.7 Å². The van der Waals surface area contributed by atoms with Crippen LogP contribution in [0.15, 0.2) is 48.5 Å². The van der Waals surface area contributed by atoms with E-state index in [4.69, 9.17) is 32.9 Å². The van der Waals surface area contributed by atoms with Gasteiger partial charge in [-0.1, -0.05) is 53.5 Å². The van der Waals surface area contributed by atoms with Crippen LogP contribution >= 0.6 is 23.2 Å². The van der Waals surface area contributed by atoms with Crippen molar-refractivity contribution in [3.8, 4) is 11.3 Å². The van der Waals surface area contributed by atoms with E-state index in [0.29, 0.717) is 41.0 Å². The van der Waals surface area contributed by atoms with E-state index in [1.165, 1.54) is 4.90 Å². The van der Waals surface area contributed by atoms with E-state index in [-0.39, 0.29) is 11.5 Å². The largest absolute Gasteiger partial charge is 0.449 e. The predicted molar refractivity (Wildman–Crippen MR) is 125 cm³/mol. The minimum absolute atomic E-state index is 0.233. The number of ether oxygens (including phenoxy) is 1. The Labute approximate surface area is 197 Å². The molecule has 0 atom stereocenters. The third-order valence-corrected chi connectivity index (χ3v) is 6.19. The molecule has 8 heteroatoms. The maximum atomic E-state index is 11.7. The van der Waals surface area contributed by atoms with E-state index < -0.39 is 0 Å². The van der Waals surface area contributed by atoms with Crippen molar-refractivity contribution in [3.05, 3.63) is 75.7 Å². The number of carbonyl (C=O) groups is 1. The molecule has 0 aliphatic heterocycles. The summed E-state index contributed by atoms with van der Waals surface area (Å²) in [5, 5.41) is 10.4. The molecule has 3 aromatic rings. The lowest BCUT2D eigenvalue weighted by Gasteiger charge is -2.17. The van der Waals surface area contributed by atoms with Crippen molar-refractivity contribution in [2.45, 2.75) is 31.1 Å². The molecule has 0 saturated heterocycles. The molecule has 1 amide bonds. The number of hydrogen-bond donors (Lipinski definition) is 0. The fourth-order valence-corrected chi connectivity index (χ4v) is 4.01. The van der Waals surface area contributed by atoms with Crippen molar-refractivity contribution < 1.29 is 9.53 Å². The summed E-state index contributed by atoms with van der Waals surface area (Å²) >= 11 is 12.5. The molecule has 1 aliphatic carbocycles. The second-order valence-corrected chi connectivity index (χ2v) is 8.96. The maximum Gasteiger partial charge on any atom is 0.409 e. The molecule has 1 saturated carbocycles. The van der Waals surface area contributed by atoms with Crippen LogP contribution in [-0.4, -0.2) is 46.9 Å². The topological polar surface area (TPSA) is 68.2 Å². The lowest BCUT2D eigenvalue weighted by Crippen LogP contribution is -2.23. The summed E-state index contributed by atoms with van der Waals surface area (Å²) in [4.78, 5) is 18.1. The van der Waals surface area contributed by atoms with Crippen molar-refractivity contribution in [1.29, 1.82) is 0 Å². The first-order chi connectivity index (χ1) is 15.4. The molecule has 0 N–H and O–H groups in total. The molecular weight excluding hydrogens is 447 g/mol.